The summed E-state index contributed by atoms with van der Waals surface area (Å²) >= 11 is 0. The molecule has 0 bridgehead atoms. The molecule has 0 spiro atoms. The Kier molecular flexibility index (Phi) is 4.93. The van der Waals surface area contributed by atoms with Crippen LogP contribution < -0.4 is 11.1 Å². The normalized spacial score (nSPS) is 16.5. The fraction of sp³-hybridized carbons (Fsp3) is 0.261. The largest absolute Gasteiger partial charge is 0.420 e. The first-order chi connectivity index (χ1) is 15.5. The predicted molar refractivity (Wildman–Crippen MR) is 114 cm³/mol. The van der Waals surface area contributed by atoms with Gasteiger partial charge in [-0.2, -0.15) is 4.98 Å². The summed E-state index contributed by atoms with van der Waals surface area (Å²) in [6, 6.07) is 12.4. The second-order valence-corrected chi connectivity index (χ2v) is 7.75. The first kappa shape index (κ1) is 19.9. The zero-order chi connectivity index (χ0) is 22.2. The molecule has 0 aliphatic carbocycles. The van der Waals surface area contributed by atoms with E-state index in [1.165, 1.54) is 10.1 Å². The number of rotatable bonds is 5. The Balaban J connectivity index is 1.45. The van der Waals surface area contributed by atoms with Crippen LogP contribution >= 0.6 is 0 Å². The van der Waals surface area contributed by atoms with E-state index in [2.05, 4.69) is 22.4 Å². The summed E-state index contributed by atoms with van der Waals surface area (Å²) in [5, 5.41) is 6.37. The highest BCUT2D eigenvalue weighted by Crippen LogP contribution is 2.25. The third kappa shape index (κ3) is 3.62. The fourth-order valence-electron chi connectivity index (χ4n) is 3.96. The van der Waals surface area contributed by atoms with Gasteiger partial charge in [-0.3, -0.25) is 19.5 Å². The van der Waals surface area contributed by atoms with Gasteiger partial charge in [-0.1, -0.05) is 36.3 Å². The average molecular weight is 432 g/mol. The second-order valence-electron chi connectivity index (χ2n) is 7.75. The van der Waals surface area contributed by atoms with Gasteiger partial charge in [0.2, 0.25) is 23.5 Å². The van der Waals surface area contributed by atoms with Gasteiger partial charge in [-0.05, 0) is 42.2 Å². The van der Waals surface area contributed by atoms with E-state index in [-0.39, 0.29) is 18.7 Å². The number of benzene rings is 2. The van der Waals surface area contributed by atoms with Gasteiger partial charge >= 0.3 is 5.76 Å². The van der Waals surface area contributed by atoms with E-state index < -0.39 is 17.7 Å². The lowest BCUT2D eigenvalue weighted by atomic mass is 10.1. The van der Waals surface area contributed by atoms with Crippen LogP contribution in [0.2, 0.25) is 0 Å². The molecule has 4 aromatic rings. The zero-order valence-electron chi connectivity index (χ0n) is 17.3. The Hall–Kier alpha value is -4.01. The molecule has 2 amide bonds. The zero-order valence-corrected chi connectivity index (χ0v) is 17.3. The van der Waals surface area contributed by atoms with E-state index >= 15 is 0 Å². The smallest absolute Gasteiger partial charge is 0.408 e. The van der Waals surface area contributed by atoms with Crippen molar-refractivity contribution in [1.29, 1.82) is 0 Å². The van der Waals surface area contributed by atoms with Crippen LogP contribution in [0.25, 0.3) is 22.5 Å². The van der Waals surface area contributed by atoms with Crippen molar-refractivity contribution in [2.45, 2.75) is 38.6 Å². The number of carbonyl (C=O) groups excluding carboxylic acids is 2. The lowest BCUT2D eigenvalue weighted by Crippen LogP contribution is -2.43. The number of aromatic nitrogens is 3. The molecule has 5 rings (SSSR count). The van der Waals surface area contributed by atoms with E-state index in [0.29, 0.717) is 29.2 Å². The Morgan fingerprint density at radius 3 is 2.81 bits per heavy atom. The van der Waals surface area contributed by atoms with Crippen LogP contribution in [0.3, 0.4) is 0 Å². The van der Waals surface area contributed by atoms with Crippen LogP contribution in [0.15, 0.2) is 56.2 Å². The summed E-state index contributed by atoms with van der Waals surface area (Å²) in [7, 11) is 0. The van der Waals surface area contributed by atoms with Crippen LogP contribution in [-0.4, -0.2) is 26.5 Å². The highest BCUT2D eigenvalue weighted by molar-refractivity contribution is 6.00. The van der Waals surface area contributed by atoms with Crippen molar-refractivity contribution < 1.29 is 18.5 Å². The van der Waals surface area contributed by atoms with Gasteiger partial charge in [0.1, 0.15) is 6.04 Å². The SMILES string of the molecule is CCc1cccc(-c2noc(Cc3ccc4oc(=O)n(C5CCC(=O)NC5=O)c4c3)n2)c1. The van der Waals surface area contributed by atoms with E-state index in [1.54, 1.807) is 12.1 Å². The molecule has 9 nitrogen and oxygen atoms in total. The predicted octanol–water partition coefficient (Wildman–Crippen LogP) is 2.78. The lowest BCUT2D eigenvalue weighted by Gasteiger charge is -2.21. The summed E-state index contributed by atoms with van der Waals surface area (Å²) < 4.78 is 12.0. The molecule has 1 aliphatic heterocycles. The van der Waals surface area contributed by atoms with Gasteiger partial charge in [0, 0.05) is 12.0 Å². The van der Waals surface area contributed by atoms with Crippen molar-refractivity contribution in [2.24, 2.45) is 0 Å². The lowest BCUT2D eigenvalue weighted by molar-refractivity contribution is -0.135. The highest BCUT2D eigenvalue weighted by Gasteiger charge is 2.31. The van der Waals surface area contributed by atoms with Crippen LogP contribution in [0, 0.1) is 0 Å². The maximum Gasteiger partial charge on any atom is 0.420 e. The molecule has 162 valence electrons. The number of oxazole rings is 1. The molecule has 1 N–H and O–H groups in total. The maximum absolute atomic E-state index is 12.4. The van der Waals surface area contributed by atoms with Crippen LogP contribution in [0.1, 0.15) is 42.8 Å². The van der Waals surface area contributed by atoms with E-state index in [0.717, 1.165) is 17.5 Å². The quantitative estimate of drug-likeness (QED) is 0.482. The minimum Gasteiger partial charge on any atom is -0.408 e. The Bertz CT molecular complexity index is 1400. The Labute approximate surface area is 182 Å². The van der Waals surface area contributed by atoms with Gasteiger partial charge in [-0.15, -0.1) is 0 Å². The van der Waals surface area contributed by atoms with Crippen LogP contribution in [0.4, 0.5) is 0 Å². The minimum atomic E-state index is -0.794. The molecular weight excluding hydrogens is 412 g/mol. The molecule has 2 aromatic heterocycles. The number of amides is 2. The van der Waals surface area contributed by atoms with E-state index in [1.807, 2.05) is 30.3 Å². The summed E-state index contributed by atoms with van der Waals surface area (Å²) in [5.74, 6) is -0.543. The van der Waals surface area contributed by atoms with E-state index in [4.69, 9.17) is 8.94 Å². The van der Waals surface area contributed by atoms with Crippen molar-refractivity contribution in [3.05, 3.63) is 70.0 Å². The Morgan fingerprint density at radius 2 is 2.00 bits per heavy atom. The first-order valence-electron chi connectivity index (χ1n) is 10.4. The van der Waals surface area contributed by atoms with Gasteiger partial charge in [-0.25, -0.2) is 4.79 Å². The van der Waals surface area contributed by atoms with Gasteiger partial charge in [0.05, 0.1) is 11.9 Å². The molecule has 0 radical (unpaired) electrons. The second kappa shape index (κ2) is 7.92. The summed E-state index contributed by atoms with van der Waals surface area (Å²) in [4.78, 5) is 40.7. The molecule has 9 heteroatoms. The number of nitrogens with zero attached hydrogens (tertiary/aromatic N) is 3. The maximum atomic E-state index is 12.4. The molecule has 32 heavy (non-hydrogen) atoms. The average Bonchev–Trinajstić information content (AvgIpc) is 3.38. The van der Waals surface area contributed by atoms with Crippen molar-refractivity contribution in [1.82, 2.24) is 20.0 Å². The number of aryl methyl sites for hydroxylation is 1. The third-order valence-electron chi connectivity index (χ3n) is 5.62. The molecule has 3 heterocycles. The van der Waals surface area contributed by atoms with Crippen molar-refractivity contribution in [2.75, 3.05) is 0 Å². The Morgan fingerprint density at radius 1 is 1.12 bits per heavy atom. The topological polar surface area (TPSA) is 120 Å². The molecule has 1 unspecified atom stereocenters. The summed E-state index contributed by atoms with van der Waals surface area (Å²) in [6.45, 7) is 2.08. The van der Waals surface area contributed by atoms with Gasteiger partial charge in [0.15, 0.2) is 5.58 Å². The van der Waals surface area contributed by atoms with Crippen LogP contribution in [-0.2, 0) is 22.4 Å². The van der Waals surface area contributed by atoms with Gasteiger partial charge in [0.25, 0.3) is 0 Å². The summed E-state index contributed by atoms with van der Waals surface area (Å²) in [5.41, 5.74) is 3.74. The van der Waals surface area contributed by atoms with Crippen LogP contribution in [0.5, 0.6) is 0 Å². The van der Waals surface area contributed by atoms with Crippen molar-refractivity contribution >= 4 is 22.9 Å². The number of fused-ring (bicyclic) bond motifs is 1. The molecule has 0 saturated carbocycles. The standard InChI is InChI=1S/C23H20N4O5/c1-2-13-4-3-5-15(10-13)21-25-20(32-26-21)12-14-6-8-18-17(11-14)27(23(30)31-18)16-7-9-19(28)24-22(16)29/h3-6,8,10-11,16H,2,7,9,12H2,1H3,(H,24,28,29). The number of hydrogen-bond acceptors (Lipinski definition) is 7. The molecule has 1 atom stereocenters. The van der Waals surface area contributed by atoms with Crippen molar-refractivity contribution in [3.8, 4) is 11.4 Å². The molecule has 1 aliphatic rings. The van der Waals surface area contributed by atoms with E-state index in [9.17, 15) is 14.4 Å². The number of piperidine rings is 1. The molecule has 1 saturated heterocycles. The van der Waals surface area contributed by atoms with Crippen molar-refractivity contribution in [3.63, 3.8) is 0 Å². The number of imide groups is 1. The minimum absolute atomic E-state index is 0.166. The number of nitrogens with one attached hydrogen (secondary N) is 1. The third-order valence-corrected chi connectivity index (χ3v) is 5.62. The number of carbonyl (C=O) groups is 2. The number of hydrogen-bond donors (Lipinski definition) is 1. The first-order valence-corrected chi connectivity index (χ1v) is 10.4. The monoisotopic (exact) mass is 432 g/mol. The molecular formula is C23H20N4O5. The fourth-order valence-corrected chi connectivity index (χ4v) is 3.96. The summed E-state index contributed by atoms with van der Waals surface area (Å²) in [6.07, 6.45) is 1.68. The van der Waals surface area contributed by atoms with Gasteiger partial charge < -0.3 is 8.94 Å². The molecule has 2 aromatic carbocycles. The highest BCUT2D eigenvalue weighted by atomic mass is 16.5. The molecule has 1 fully saturated rings.